The fourth-order valence-corrected chi connectivity index (χ4v) is 7.22. The summed E-state index contributed by atoms with van der Waals surface area (Å²) >= 11 is 0. The average Bonchev–Trinajstić information content (AvgIpc) is 3.15. The maximum Gasteiger partial charge on any atom is 0.276 e. The fourth-order valence-electron chi connectivity index (χ4n) is 7.22. The maximum atomic E-state index is 14.9. The first-order chi connectivity index (χ1) is 15.5. The molecule has 1 unspecified atom stereocenters. The Labute approximate surface area is 200 Å². The first-order valence-electron chi connectivity index (χ1n) is 13.3. The van der Waals surface area contributed by atoms with Crippen molar-refractivity contribution in [2.45, 2.75) is 122 Å². The molecule has 2 nitrogen and oxygen atoms in total. The number of alkyl halides is 2. The summed E-state index contributed by atoms with van der Waals surface area (Å²) in [7, 11) is 0. The minimum absolute atomic E-state index is 0.0845. The summed E-state index contributed by atoms with van der Waals surface area (Å²) in [4.78, 5) is 0. The lowest BCUT2D eigenvalue weighted by Crippen LogP contribution is -2.47. The summed E-state index contributed by atoms with van der Waals surface area (Å²) in [6.07, 6.45) is 12.6. The highest BCUT2D eigenvalue weighted by molar-refractivity contribution is 5.36. The third kappa shape index (κ3) is 5.32. The van der Waals surface area contributed by atoms with Gasteiger partial charge in [0.1, 0.15) is 5.60 Å². The van der Waals surface area contributed by atoms with Gasteiger partial charge in [-0.05, 0) is 99.4 Å². The number of halogens is 2. The average molecular weight is 465 g/mol. The van der Waals surface area contributed by atoms with Crippen molar-refractivity contribution in [3.63, 3.8) is 0 Å². The molecule has 3 saturated carbocycles. The van der Waals surface area contributed by atoms with E-state index >= 15 is 0 Å². The zero-order valence-electron chi connectivity index (χ0n) is 21.3. The SMILES string of the molecule is C=C1CC[C@H](O)C/C1=C/C=C1CCC[C@@]2(C)C1CC[C@@H]2[C@H](C)CCC(F)(F)C(O)(CC)CC. The van der Waals surface area contributed by atoms with Gasteiger partial charge < -0.3 is 10.2 Å². The molecule has 188 valence electrons. The van der Waals surface area contributed by atoms with Crippen molar-refractivity contribution in [3.05, 3.63) is 35.5 Å². The van der Waals surface area contributed by atoms with Gasteiger partial charge in [-0.15, -0.1) is 0 Å². The predicted molar refractivity (Wildman–Crippen MR) is 132 cm³/mol. The molecule has 0 heterocycles. The quantitative estimate of drug-likeness (QED) is 0.385. The number of aliphatic hydroxyl groups is 2. The second-order valence-corrected chi connectivity index (χ2v) is 11.5. The van der Waals surface area contributed by atoms with Crippen LogP contribution in [-0.4, -0.2) is 27.8 Å². The zero-order chi connectivity index (χ0) is 24.4. The number of hydrogen-bond donors (Lipinski definition) is 2. The molecule has 0 saturated heterocycles. The van der Waals surface area contributed by atoms with E-state index in [9.17, 15) is 19.0 Å². The molecule has 3 aliphatic carbocycles. The van der Waals surface area contributed by atoms with Crippen LogP contribution in [-0.2, 0) is 0 Å². The Bertz CT molecular complexity index is 764. The second-order valence-electron chi connectivity index (χ2n) is 11.5. The minimum Gasteiger partial charge on any atom is -0.393 e. The molecule has 3 rings (SSSR count). The highest BCUT2D eigenvalue weighted by Crippen LogP contribution is 2.60. The van der Waals surface area contributed by atoms with E-state index < -0.39 is 11.5 Å². The Balaban J connectivity index is 1.70. The molecule has 0 radical (unpaired) electrons. The predicted octanol–water partition coefficient (Wildman–Crippen LogP) is 7.76. The van der Waals surface area contributed by atoms with Crippen LogP contribution in [0.1, 0.15) is 105 Å². The lowest BCUT2D eigenvalue weighted by molar-refractivity contribution is -0.190. The third-order valence-corrected chi connectivity index (χ3v) is 9.68. The molecule has 0 bridgehead atoms. The molecule has 4 heteroatoms. The van der Waals surface area contributed by atoms with E-state index in [0.717, 1.165) is 50.5 Å². The molecular weight excluding hydrogens is 418 g/mol. The minimum atomic E-state index is -3.04. The highest BCUT2D eigenvalue weighted by atomic mass is 19.3. The lowest BCUT2D eigenvalue weighted by Gasteiger charge is -2.45. The zero-order valence-corrected chi connectivity index (χ0v) is 21.3. The molecule has 0 amide bonds. The molecular formula is C29H46F2O2. The third-order valence-electron chi connectivity index (χ3n) is 9.68. The van der Waals surface area contributed by atoms with Gasteiger partial charge in [-0.25, -0.2) is 8.78 Å². The van der Waals surface area contributed by atoms with Gasteiger partial charge in [0.15, 0.2) is 0 Å². The Kier molecular flexibility index (Phi) is 8.32. The van der Waals surface area contributed by atoms with Gasteiger partial charge in [0.05, 0.1) is 6.10 Å². The van der Waals surface area contributed by atoms with Crippen LogP contribution in [0.2, 0.25) is 0 Å². The first-order valence-corrected chi connectivity index (χ1v) is 13.3. The van der Waals surface area contributed by atoms with Crippen molar-refractivity contribution in [3.8, 4) is 0 Å². The number of aliphatic hydroxyl groups excluding tert-OH is 1. The van der Waals surface area contributed by atoms with Crippen LogP contribution in [0, 0.1) is 23.2 Å². The summed E-state index contributed by atoms with van der Waals surface area (Å²) in [6.45, 7) is 12.0. The molecule has 0 spiro atoms. The highest BCUT2D eigenvalue weighted by Gasteiger charge is 2.53. The van der Waals surface area contributed by atoms with E-state index in [1.165, 1.54) is 11.1 Å². The largest absolute Gasteiger partial charge is 0.393 e. The normalized spacial score (nSPS) is 34.7. The topological polar surface area (TPSA) is 40.5 Å². The van der Waals surface area contributed by atoms with E-state index in [2.05, 4.69) is 32.6 Å². The molecule has 33 heavy (non-hydrogen) atoms. The van der Waals surface area contributed by atoms with Crippen LogP contribution in [0.15, 0.2) is 35.5 Å². The maximum absolute atomic E-state index is 14.9. The van der Waals surface area contributed by atoms with Crippen molar-refractivity contribution in [2.24, 2.45) is 23.2 Å². The molecule has 2 N–H and O–H groups in total. The monoisotopic (exact) mass is 464 g/mol. The Morgan fingerprint density at radius 1 is 1.15 bits per heavy atom. The van der Waals surface area contributed by atoms with Crippen LogP contribution >= 0.6 is 0 Å². The van der Waals surface area contributed by atoms with E-state index in [-0.39, 0.29) is 36.7 Å². The van der Waals surface area contributed by atoms with Crippen LogP contribution < -0.4 is 0 Å². The number of hydrogen-bond acceptors (Lipinski definition) is 2. The number of allylic oxidation sites excluding steroid dienone is 4. The van der Waals surface area contributed by atoms with E-state index in [4.69, 9.17) is 0 Å². The van der Waals surface area contributed by atoms with Crippen molar-refractivity contribution < 1.29 is 19.0 Å². The Morgan fingerprint density at radius 2 is 1.85 bits per heavy atom. The van der Waals surface area contributed by atoms with Crippen molar-refractivity contribution in [1.29, 1.82) is 0 Å². The van der Waals surface area contributed by atoms with Gasteiger partial charge in [-0.2, -0.15) is 0 Å². The Hall–Kier alpha value is -1.00. The summed E-state index contributed by atoms with van der Waals surface area (Å²) in [5, 5.41) is 20.5. The first kappa shape index (κ1) is 26.6. The molecule has 0 aromatic heterocycles. The summed E-state index contributed by atoms with van der Waals surface area (Å²) in [5.74, 6) is -1.87. The van der Waals surface area contributed by atoms with E-state index in [0.29, 0.717) is 24.7 Å². The smallest absolute Gasteiger partial charge is 0.276 e. The summed E-state index contributed by atoms with van der Waals surface area (Å²) in [5.41, 5.74) is 2.09. The van der Waals surface area contributed by atoms with Gasteiger partial charge in [0.25, 0.3) is 5.92 Å². The van der Waals surface area contributed by atoms with Crippen LogP contribution in [0.3, 0.4) is 0 Å². The van der Waals surface area contributed by atoms with Crippen LogP contribution in [0.25, 0.3) is 0 Å². The number of rotatable bonds is 8. The van der Waals surface area contributed by atoms with Gasteiger partial charge in [0, 0.05) is 6.42 Å². The van der Waals surface area contributed by atoms with Crippen LogP contribution in [0.5, 0.6) is 0 Å². The van der Waals surface area contributed by atoms with Gasteiger partial charge >= 0.3 is 0 Å². The molecule has 0 aromatic carbocycles. The van der Waals surface area contributed by atoms with Crippen molar-refractivity contribution in [1.82, 2.24) is 0 Å². The Morgan fingerprint density at radius 3 is 2.52 bits per heavy atom. The second kappa shape index (κ2) is 10.3. The molecule has 0 aromatic rings. The van der Waals surface area contributed by atoms with E-state index in [1.807, 2.05) is 0 Å². The molecule has 3 aliphatic rings. The number of fused-ring (bicyclic) bond motifs is 1. The molecule has 3 fully saturated rings. The van der Waals surface area contributed by atoms with Gasteiger partial charge in [-0.3, -0.25) is 0 Å². The fraction of sp³-hybridized carbons (Fsp3) is 0.793. The van der Waals surface area contributed by atoms with Gasteiger partial charge in [-0.1, -0.05) is 57.6 Å². The van der Waals surface area contributed by atoms with Gasteiger partial charge in [0.2, 0.25) is 0 Å². The molecule has 5 atom stereocenters. The molecule has 0 aliphatic heterocycles. The summed E-state index contributed by atoms with van der Waals surface area (Å²) < 4.78 is 29.7. The van der Waals surface area contributed by atoms with Crippen molar-refractivity contribution in [2.75, 3.05) is 0 Å². The van der Waals surface area contributed by atoms with Crippen molar-refractivity contribution >= 4 is 0 Å². The van der Waals surface area contributed by atoms with Crippen LogP contribution in [0.4, 0.5) is 8.78 Å². The van der Waals surface area contributed by atoms with E-state index in [1.54, 1.807) is 13.8 Å². The standard InChI is InChI=1S/C29H46F2O2/c1-6-28(33,7-2)29(30,31)18-16-21(4)25-14-15-26-22(9-8-17-27(25,26)5)11-12-23-19-24(32)13-10-20(23)3/h11-12,21,24-26,32-33H,3,6-10,13-19H2,1-2,4-5H3/b22-11?,23-12-/t21-,24+,25-,26?,27-/m1/s1. The summed E-state index contributed by atoms with van der Waals surface area (Å²) in [6, 6.07) is 0. The lowest BCUT2D eigenvalue weighted by atomic mass is 9.60.